The predicted molar refractivity (Wildman–Crippen MR) is 66.0 cm³/mol. The van der Waals surface area contributed by atoms with Crippen molar-refractivity contribution < 1.29 is 4.92 Å². The van der Waals surface area contributed by atoms with E-state index in [1.807, 2.05) is 17.8 Å². The van der Waals surface area contributed by atoms with Crippen molar-refractivity contribution in [3.8, 4) is 0 Å². The monoisotopic (exact) mass is 237 g/mol. The van der Waals surface area contributed by atoms with E-state index in [2.05, 4.69) is 6.92 Å². The standard InChI is InChI=1S/C12H15NO2S/c1-2-3-9-8-10(13(14)15)4-7-12(9)16-11-5-6-11/h4,7-8,11H,2-3,5-6H2,1H3. The van der Waals surface area contributed by atoms with E-state index in [0.717, 1.165) is 23.7 Å². The SMILES string of the molecule is CCCc1cc([N+](=O)[O-])ccc1SC1CC1. The molecule has 0 spiro atoms. The second-order valence-corrected chi connectivity index (χ2v) is 5.46. The summed E-state index contributed by atoms with van der Waals surface area (Å²) in [6, 6.07) is 5.25. The van der Waals surface area contributed by atoms with Gasteiger partial charge in [0.1, 0.15) is 0 Å². The molecule has 1 aliphatic carbocycles. The molecule has 16 heavy (non-hydrogen) atoms. The summed E-state index contributed by atoms with van der Waals surface area (Å²) in [7, 11) is 0. The highest BCUT2D eigenvalue weighted by molar-refractivity contribution is 8.00. The van der Waals surface area contributed by atoms with E-state index in [1.54, 1.807) is 12.1 Å². The molecule has 1 aromatic carbocycles. The molecular weight excluding hydrogens is 222 g/mol. The highest BCUT2D eigenvalue weighted by Gasteiger charge is 2.24. The van der Waals surface area contributed by atoms with Gasteiger partial charge in [-0.2, -0.15) is 0 Å². The smallest absolute Gasteiger partial charge is 0.258 e. The molecule has 4 heteroatoms. The molecule has 0 aliphatic heterocycles. The van der Waals surface area contributed by atoms with Crippen molar-refractivity contribution in [1.82, 2.24) is 0 Å². The van der Waals surface area contributed by atoms with Crippen molar-refractivity contribution in [2.45, 2.75) is 42.8 Å². The van der Waals surface area contributed by atoms with Crippen molar-refractivity contribution in [3.63, 3.8) is 0 Å². The van der Waals surface area contributed by atoms with E-state index in [0.29, 0.717) is 0 Å². The van der Waals surface area contributed by atoms with Crippen LogP contribution in [0.1, 0.15) is 31.7 Å². The molecule has 1 aliphatic rings. The number of benzene rings is 1. The Hall–Kier alpha value is -1.03. The fraction of sp³-hybridized carbons (Fsp3) is 0.500. The number of nitro groups is 1. The highest BCUT2D eigenvalue weighted by Crippen LogP contribution is 2.41. The molecule has 0 unspecified atom stereocenters. The lowest BCUT2D eigenvalue weighted by molar-refractivity contribution is -0.385. The second-order valence-electron chi connectivity index (χ2n) is 4.12. The van der Waals surface area contributed by atoms with Crippen LogP contribution in [0.3, 0.4) is 0 Å². The second kappa shape index (κ2) is 4.87. The quantitative estimate of drug-likeness (QED) is 0.578. The van der Waals surface area contributed by atoms with Crippen molar-refractivity contribution in [3.05, 3.63) is 33.9 Å². The first-order chi connectivity index (χ1) is 7.70. The van der Waals surface area contributed by atoms with Gasteiger partial charge in [0.05, 0.1) is 4.92 Å². The Morgan fingerprint density at radius 1 is 1.50 bits per heavy atom. The van der Waals surface area contributed by atoms with Crippen molar-refractivity contribution in [2.24, 2.45) is 0 Å². The van der Waals surface area contributed by atoms with Crippen LogP contribution in [0.4, 0.5) is 5.69 Å². The summed E-state index contributed by atoms with van der Waals surface area (Å²) in [5.74, 6) is 0. The number of non-ortho nitro benzene ring substituents is 1. The minimum Gasteiger partial charge on any atom is -0.258 e. The number of nitro benzene ring substituents is 1. The van der Waals surface area contributed by atoms with Crippen LogP contribution in [-0.2, 0) is 6.42 Å². The van der Waals surface area contributed by atoms with Gasteiger partial charge >= 0.3 is 0 Å². The zero-order valence-electron chi connectivity index (χ0n) is 9.31. The van der Waals surface area contributed by atoms with Crippen molar-refractivity contribution in [1.29, 1.82) is 0 Å². The molecular formula is C12H15NO2S. The molecule has 0 aromatic heterocycles. The Bertz CT molecular complexity index is 402. The highest BCUT2D eigenvalue weighted by atomic mass is 32.2. The summed E-state index contributed by atoms with van der Waals surface area (Å²) in [5, 5.41) is 11.4. The molecule has 0 radical (unpaired) electrons. The number of hydrogen-bond acceptors (Lipinski definition) is 3. The average Bonchev–Trinajstić information content (AvgIpc) is 3.04. The fourth-order valence-corrected chi connectivity index (χ4v) is 2.81. The van der Waals surface area contributed by atoms with Crippen molar-refractivity contribution in [2.75, 3.05) is 0 Å². The van der Waals surface area contributed by atoms with Crippen LogP contribution >= 0.6 is 11.8 Å². The zero-order chi connectivity index (χ0) is 11.5. The molecule has 86 valence electrons. The van der Waals surface area contributed by atoms with Crippen LogP contribution < -0.4 is 0 Å². The van der Waals surface area contributed by atoms with Crippen LogP contribution in [0.2, 0.25) is 0 Å². The first kappa shape index (κ1) is 11.5. The predicted octanol–water partition coefficient (Wildman–Crippen LogP) is 3.80. The van der Waals surface area contributed by atoms with Crippen LogP contribution in [-0.4, -0.2) is 10.2 Å². The molecule has 3 nitrogen and oxygen atoms in total. The molecule has 1 fully saturated rings. The third kappa shape index (κ3) is 2.76. The van der Waals surface area contributed by atoms with E-state index in [4.69, 9.17) is 0 Å². The van der Waals surface area contributed by atoms with Gasteiger partial charge in [0.25, 0.3) is 5.69 Å². The van der Waals surface area contributed by atoms with Crippen LogP contribution in [0.15, 0.2) is 23.1 Å². The number of rotatable bonds is 5. The third-order valence-electron chi connectivity index (χ3n) is 2.59. The Morgan fingerprint density at radius 3 is 2.81 bits per heavy atom. The van der Waals surface area contributed by atoms with E-state index >= 15 is 0 Å². The van der Waals surface area contributed by atoms with Crippen LogP contribution in [0.25, 0.3) is 0 Å². The van der Waals surface area contributed by atoms with E-state index < -0.39 is 0 Å². The summed E-state index contributed by atoms with van der Waals surface area (Å²) in [6.45, 7) is 2.10. The molecule has 0 atom stereocenters. The van der Waals surface area contributed by atoms with Gasteiger partial charge < -0.3 is 0 Å². The fourth-order valence-electron chi connectivity index (χ4n) is 1.62. The Morgan fingerprint density at radius 2 is 2.25 bits per heavy atom. The Labute approximate surface area is 99.4 Å². The van der Waals surface area contributed by atoms with Gasteiger partial charge in [0, 0.05) is 22.3 Å². The minimum atomic E-state index is -0.315. The maximum atomic E-state index is 10.7. The number of thioether (sulfide) groups is 1. The van der Waals surface area contributed by atoms with Gasteiger partial charge in [-0.25, -0.2) is 0 Å². The van der Waals surface area contributed by atoms with E-state index in [9.17, 15) is 10.1 Å². The van der Waals surface area contributed by atoms with E-state index in [1.165, 1.54) is 17.7 Å². The lowest BCUT2D eigenvalue weighted by Gasteiger charge is -2.07. The minimum absolute atomic E-state index is 0.212. The Kier molecular flexibility index (Phi) is 3.49. The van der Waals surface area contributed by atoms with Gasteiger partial charge in [-0.1, -0.05) is 13.3 Å². The Balaban J connectivity index is 2.24. The molecule has 0 heterocycles. The maximum Gasteiger partial charge on any atom is 0.269 e. The zero-order valence-corrected chi connectivity index (χ0v) is 10.1. The maximum absolute atomic E-state index is 10.7. The summed E-state index contributed by atoms with van der Waals surface area (Å²) < 4.78 is 0. The summed E-state index contributed by atoms with van der Waals surface area (Å²) in [6.07, 6.45) is 4.52. The lowest BCUT2D eigenvalue weighted by atomic mass is 10.1. The van der Waals surface area contributed by atoms with Crippen molar-refractivity contribution >= 4 is 17.4 Å². The first-order valence-corrected chi connectivity index (χ1v) is 6.52. The lowest BCUT2D eigenvalue weighted by Crippen LogP contribution is -1.93. The number of nitrogens with zero attached hydrogens (tertiary/aromatic N) is 1. The number of aryl methyl sites for hydroxylation is 1. The molecule has 0 bridgehead atoms. The van der Waals surface area contributed by atoms with Crippen LogP contribution in [0, 0.1) is 10.1 Å². The molecule has 0 saturated heterocycles. The molecule has 0 N–H and O–H groups in total. The normalized spacial score (nSPS) is 15.1. The van der Waals surface area contributed by atoms with Gasteiger partial charge in [0.2, 0.25) is 0 Å². The van der Waals surface area contributed by atoms with Gasteiger partial charge in [-0.15, -0.1) is 11.8 Å². The first-order valence-electron chi connectivity index (χ1n) is 5.64. The van der Waals surface area contributed by atoms with Gasteiger partial charge in [0.15, 0.2) is 0 Å². The van der Waals surface area contributed by atoms with Crippen LogP contribution in [0.5, 0.6) is 0 Å². The average molecular weight is 237 g/mol. The molecule has 2 rings (SSSR count). The summed E-state index contributed by atoms with van der Waals surface area (Å²) in [4.78, 5) is 11.6. The number of hydrogen-bond donors (Lipinski definition) is 0. The molecule has 1 saturated carbocycles. The molecule has 1 aromatic rings. The third-order valence-corrected chi connectivity index (χ3v) is 4.05. The van der Waals surface area contributed by atoms with Gasteiger partial charge in [-0.05, 0) is 30.9 Å². The summed E-state index contributed by atoms with van der Waals surface area (Å²) in [5.41, 5.74) is 1.34. The topological polar surface area (TPSA) is 43.1 Å². The van der Waals surface area contributed by atoms with E-state index in [-0.39, 0.29) is 10.6 Å². The molecule has 0 amide bonds. The summed E-state index contributed by atoms with van der Waals surface area (Å²) >= 11 is 1.87. The largest absolute Gasteiger partial charge is 0.269 e. The van der Waals surface area contributed by atoms with Gasteiger partial charge in [-0.3, -0.25) is 10.1 Å².